The molecule has 0 aliphatic heterocycles. The van der Waals surface area contributed by atoms with Crippen LogP contribution in [-0.2, 0) is 5.54 Å². The van der Waals surface area contributed by atoms with E-state index in [0.29, 0.717) is 11.1 Å². The molecule has 0 unspecified atom stereocenters. The smallest absolute Gasteiger partial charge is 0.267 e. The van der Waals surface area contributed by atoms with Crippen molar-refractivity contribution in [1.29, 1.82) is 0 Å². The Balaban J connectivity index is 2.49. The van der Waals surface area contributed by atoms with Crippen LogP contribution in [0.3, 0.4) is 0 Å². The van der Waals surface area contributed by atoms with Crippen LogP contribution in [0.2, 0.25) is 0 Å². The molecule has 0 radical (unpaired) electrons. The molecule has 0 spiro atoms. The highest BCUT2D eigenvalue weighted by Crippen LogP contribution is 2.42. The number of phenols is 1. The molecule has 0 aromatic heterocycles. The summed E-state index contributed by atoms with van der Waals surface area (Å²) in [4.78, 5) is 0. The molecule has 3 N–H and O–H groups in total. The molecule has 1 aliphatic carbocycles. The zero-order chi connectivity index (χ0) is 13.3. The fourth-order valence-electron chi connectivity index (χ4n) is 2.80. The highest BCUT2D eigenvalue weighted by atomic mass is 19.3. The first-order chi connectivity index (χ1) is 8.44. The summed E-state index contributed by atoms with van der Waals surface area (Å²) >= 11 is 0. The highest BCUT2D eigenvalue weighted by Gasteiger charge is 2.33. The first-order valence-corrected chi connectivity index (χ1v) is 6.35. The standard InChI is InChI=1S/C14H19F2NO/c1-9-7-10(13(15)16)12(18)11(8-9)14(17)5-3-2-4-6-14/h7-8,13,18H,2-6,17H2,1H3. The Hall–Kier alpha value is -1.16. The lowest BCUT2D eigenvalue weighted by Gasteiger charge is -2.35. The third-order valence-corrected chi connectivity index (χ3v) is 3.80. The molecule has 0 atom stereocenters. The number of aryl methyl sites for hydroxylation is 1. The molecular formula is C14H19F2NO. The Morgan fingerprint density at radius 1 is 1.22 bits per heavy atom. The predicted molar refractivity (Wildman–Crippen MR) is 66.8 cm³/mol. The normalized spacial score (nSPS) is 19.2. The molecular weight excluding hydrogens is 236 g/mol. The second kappa shape index (κ2) is 4.84. The van der Waals surface area contributed by atoms with Crippen LogP contribution < -0.4 is 5.73 Å². The van der Waals surface area contributed by atoms with Gasteiger partial charge in [0.1, 0.15) is 5.75 Å². The zero-order valence-electron chi connectivity index (χ0n) is 10.5. The van der Waals surface area contributed by atoms with Crippen molar-refractivity contribution in [3.05, 3.63) is 28.8 Å². The number of phenolic OH excluding ortho intramolecular Hbond substituents is 1. The van der Waals surface area contributed by atoms with Crippen LogP contribution in [0.1, 0.15) is 55.2 Å². The van der Waals surface area contributed by atoms with E-state index in [9.17, 15) is 13.9 Å². The average Bonchev–Trinajstić information content (AvgIpc) is 2.32. The average molecular weight is 255 g/mol. The van der Waals surface area contributed by atoms with E-state index in [-0.39, 0.29) is 11.3 Å². The predicted octanol–water partition coefficient (Wildman–Crippen LogP) is 3.76. The van der Waals surface area contributed by atoms with Gasteiger partial charge in [0.2, 0.25) is 0 Å². The molecule has 1 aliphatic rings. The SMILES string of the molecule is Cc1cc(C(F)F)c(O)c(C2(N)CCCCC2)c1. The molecule has 0 heterocycles. The quantitative estimate of drug-likeness (QED) is 0.845. The molecule has 100 valence electrons. The maximum Gasteiger partial charge on any atom is 0.267 e. The monoisotopic (exact) mass is 255 g/mol. The minimum Gasteiger partial charge on any atom is -0.507 e. The molecule has 2 nitrogen and oxygen atoms in total. The lowest BCUT2D eigenvalue weighted by atomic mass is 9.76. The fraction of sp³-hybridized carbons (Fsp3) is 0.571. The topological polar surface area (TPSA) is 46.2 Å². The van der Waals surface area contributed by atoms with Gasteiger partial charge in [0.15, 0.2) is 0 Å². The van der Waals surface area contributed by atoms with E-state index >= 15 is 0 Å². The van der Waals surface area contributed by atoms with Crippen molar-refractivity contribution in [3.8, 4) is 5.75 Å². The lowest BCUT2D eigenvalue weighted by Crippen LogP contribution is -2.38. The minimum absolute atomic E-state index is 0.305. The number of halogens is 2. The van der Waals surface area contributed by atoms with Crippen LogP contribution >= 0.6 is 0 Å². The number of hydrogen-bond donors (Lipinski definition) is 2. The van der Waals surface area contributed by atoms with Crippen LogP contribution in [0.25, 0.3) is 0 Å². The van der Waals surface area contributed by atoms with Crippen LogP contribution in [0.4, 0.5) is 8.78 Å². The summed E-state index contributed by atoms with van der Waals surface area (Å²) in [5.74, 6) is -0.319. The van der Waals surface area contributed by atoms with Gasteiger partial charge in [-0.15, -0.1) is 0 Å². The molecule has 18 heavy (non-hydrogen) atoms. The summed E-state index contributed by atoms with van der Waals surface area (Å²) in [6.07, 6.45) is 1.89. The van der Waals surface area contributed by atoms with Crippen molar-refractivity contribution in [2.24, 2.45) is 5.73 Å². The van der Waals surface area contributed by atoms with Crippen molar-refractivity contribution in [2.75, 3.05) is 0 Å². The summed E-state index contributed by atoms with van der Waals surface area (Å²) in [6.45, 7) is 1.75. The van der Waals surface area contributed by atoms with E-state index < -0.39 is 12.0 Å². The Bertz CT molecular complexity index is 440. The van der Waals surface area contributed by atoms with Crippen molar-refractivity contribution >= 4 is 0 Å². The molecule has 0 bridgehead atoms. The van der Waals surface area contributed by atoms with Gasteiger partial charge in [-0.05, 0) is 25.8 Å². The van der Waals surface area contributed by atoms with Crippen molar-refractivity contribution in [1.82, 2.24) is 0 Å². The van der Waals surface area contributed by atoms with Gasteiger partial charge in [0, 0.05) is 11.1 Å². The van der Waals surface area contributed by atoms with Gasteiger partial charge in [0.05, 0.1) is 5.56 Å². The number of hydrogen-bond acceptors (Lipinski definition) is 2. The van der Waals surface area contributed by atoms with Gasteiger partial charge in [-0.1, -0.05) is 30.9 Å². The van der Waals surface area contributed by atoms with Crippen LogP contribution in [-0.4, -0.2) is 5.11 Å². The second-order valence-electron chi connectivity index (χ2n) is 5.27. The number of rotatable bonds is 2. The van der Waals surface area contributed by atoms with Crippen LogP contribution in [0.5, 0.6) is 5.75 Å². The maximum atomic E-state index is 12.9. The molecule has 1 fully saturated rings. The number of benzene rings is 1. The fourth-order valence-corrected chi connectivity index (χ4v) is 2.80. The van der Waals surface area contributed by atoms with E-state index in [1.807, 2.05) is 0 Å². The third-order valence-electron chi connectivity index (χ3n) is 3.80. The van der Waals surface area contributed by atoms with Gasteiger partial charge in [-0.2, -0.15) is 0 Å². The molecule has 1 aromatic rings. The maximum absolute atomic E-state index is 12.9. The molecule has 0 amide bonds. The summed E-state index contributed by atoms with van der Waals surface area (Å²) in [6, 6.07) is 3.07. The number of aromatic hydroxyl groups is 1. The summed E-state index contributed by atoms with van der Waals surface area (Å²) < 4.78 is 25.8. The molecule has 1 saturated carbocycles. The van der Waals surface area contributed by atoms with E-state index in [0.717, 1.165) is 32.1 Å². The number of nitrogens with two attached hydrogens (primary N) is 1. The van der Waals surface area contributed by atoms with Crippen molar-refractivity contribution < 1.29 is 13.9 Å². The van der Waals surface area contributed by atoms with E-state index in [1.54, 1.807) is 13.0 Å². The number of alkyl halides is 2. The molecule has 4 heteroatoms. The van der Waals surface area contributed by atoms with Crippen LogP contribution in [0.15, 0.2) is 12.1 Å². The summed E-state index contributed by atoms with van der Waals surface area (Å²) in [5, 5.41) is 10.0. The Labute approximate surface area is 106 Å². The van der Waals surface area contributed by atoms with E-state index in [1.165, 1.54) is 6.07 Å². The summed E-state index contributed by atoms with van der Waals surface area (Å²) in [5.41, 5.74) is 6.55. The highest BCUT2D eigenvalue weighted by molar-refractivity contribution is 5.47. The first kappa shape index (κ1) is 13.3. The molecule has 1 aromatic carbocycles. The Kier molecular flexibility index (Phi) is 3.57. The Morgan fingerprint density at radius 3 is 2.39 bits per heavy atom. The molecule has 0 saturated heterocycles. The third kappa shape index (κ3) is 2.34. The zero-order valence-corrected chi connectivity index (χ0v) is 10.5. The van der Waals surface area contributed by atoms with Gasteiger partial charge in [-0.3, -0.25) is 0 Å². The second-order valence-corrected chi connectivity index (χ2v) is 5.27. The van der Waals surface area contributed by atoms with Crippen LogP contribution in [0, 0.1) is 6.92 Å². The van der Waals surface area contributed by atoms with E-state index in [4.69, 9.17) is 5.73 Å². The molecule has 2 rings (SSSR count). The van der Waals surface area contributed by atoms with Crippen molar-refractivity contribution in [2.45, 2.75) is 51.0 Å². The van der Waals surface area contributed by atoms with Gasteiger partial charge in [0.25, 0.3) is 6.43 Å². The van der Waals surface area contributed by atoms with Gasteiger partial charge < -0.3 is 10.8 Å². The largest absolute Gasteiger partial charge is 0.507 e. The lowest BCUT2D eigenvalue weighted by molar-refractivity contribution is 0.146. The van der Waals surface area contributed by atoms with Gasteiger partial charge in [-0.25, -0.2) is 8.78 Å². The van der Waals surface area contributed by atoms with Gasteiger partial charge >= 0.3 is 0 Å². The van der Waals surface area contributed by atoms with E-state index in [2.05, 4.69) is 0 Å². The van der Waals surface area contributed by atoms with Crippen molar-refractivity contribution in [3.63, 3.8) is 0 Å². The summed E-state index contributed by atoms with van der Waals surface area (Å²) in [7, 11) is 0. The Morgan fingerprint density at radius 2 is 1.83 bits per heavy atom. The first-order valence-electron chi connectivity index (χ1n) is 6.35. The minimum atomic E-state index is -2.67.